The first-order chi connectivity index (χ1) is 11.8. The highest BCUT2D eigenvalue weighted by atomic mass is 16.5. The molecule has 2 heteroatoms. The average Bonchev–Trinajstić information content (AvgIpc) is 3.04. The monoisotopic (exact) mass is 315 g/mol. The predicted octanol–water partition coefficient (Wildman–Crippen LogP) is 4.88. The second kappa shape index (κ2) is 6.50. The van der Waals surface area contributed by atoms with Crippen LogP contribution < -0.4 is 4.74 Å². The number of methoxy groups -OCH3 is 1. The van der Waals surface area contributed by atoms with E-state index in [2.05, 4.69) is 65.6 Å². The van der Waals surface area contributed by atoms with Crippen molar-refractivity contribution in [3.05, 3.63) is 89.5 Å². The summed E-state index contributed by atoms with van der Waals surface area (Å²) in [5.41, 5.74) is 6.72. The van der Waals surface area contributed by atoms with Gasteiger partial charge in [-0.1, -0.05) is 54.6 Å². The van der Waals surface area contributed by atoms with E-state index in [1.165, 1.54) is 27.8 Å². The molecule has 0 fully saturated rings. The van der Waals surface area contributed by atoms with Crippen LogP contribution in [0.3, 0.4) is 0 Å². The van der Waals surface area contributed by atoms with Crippen LogP contribution in [0.15, 0.2) is 72.8 Å². The summed E-state index contributed by atoms with van der Waals surface area (Å²) in [5.74, 6) is 0.902. The van der Waals surface area contributed by atoms with E-state index >= 15 is 0 Å². The Labute approximate surface area is 143 Å². The molecule has 4 rings (SSSR count). The smallest absolute Gasteiger partial charge is 0.119 e. The minimum Gasteiger partial charge on any atom is -0.497 e. The van der Waals surface area contributed by atoms with Crippen molar-refractivity contribution >= 4 is 0 Å². The van der Waals surface area contributed by atoms with E-state index in [1.54, 1.807) is 7.11 Å². The normalized spacial score (nSPS) is 13.7. The first kappa shape index (κ1) is 15.0. The molecule has 120 valence electrons. The lowest BCUT2D eigenvalue weighted by Crippen LogP contribution is -2.15. The molecule has 0 saturated heterocycles. The topological polar surface area (TPSA) is 12.5 Å². The van der Waals surface area contributed by atoms with Crippen LogP contribution >= 0.6 is 0 Å². The van der Waals surface area contributed by atoms with Gasteiger partial charge in [0, 0.05) is 19.6 Å². The van der Waals surface area contributed by atoms with Crippen molar-refractivity contribution in [1.82, 2.24) is 4.90 Å². The van der Waals surface area contributed by atoms with Gasteiger partial charge in [-0.15, -0.1) is 0 Å². The third-order valence-electron chi connectivity index (χ3n) is 4.65. The van der Waals surface area contributed by atoms with Crippen molar-refractivity contribution in [3.8, 4) is 16.9 Å². The molecule has 0 N–H and O–H groups in total. The lowest BCUT2D eigenvalue weighted by Gasteiger charge is -2.14. The van der Waals surface area contributed by atoms with Crippen molar-refractivity contribution in [2.24, 2.45) is 0 Å². The molecule has 1 aliphatic rings. The fraction of sp³-hybridized carbons (Fsp3) is 0.182. The summed E-state index contributed by atoms with van der Waals surface area (Å²) in [6.07, 6.45) is 0. The molecule has 2 nitrogen and oxygen atoms in total. The number of fused-ring (bicyclic) bond motifs is 1. The Balaban J connectivity index is 1.55. The summed E-state index contributed by atoms with van der Waals surface area (Å²) in [4.78, 5) is 2.50. The highest BCUT2D eigenvalue weighted by molar-refractivity contribution is 5.66. The van der Waals surface area contributed by atoms with Gasteiger partial charge in [0.05, 0.1) is 7.11 Å². The molecule has 1 aliphatic heterocycles. The maximum atomic E-state index is 5.34. The molecule has 0 amide bonds. The summed E-state index contributed by atoms with van der Waals surface area (Å²) in [6.45, 7) is 3.05. The first-order valence-electron chi connectivity index (χ1n) is 8.34. The lowest BCUT2D eigenvalue weighted by molar-refractivity contribution is 0.275. The zero-order valence-corrected chi connectivity index (χ0v) is 13.9. The minimum absolute atomic E-state index is 0.902. The van der Waals surface area contributed by atoms with E-state index in [-0.39, 0.29) is 0 Å². The van der Waals surface area contributed by atoms with Crippen molar-refractivity contribution in [3.63, 3.8) is 0 Å². The number of rotatable bonds is 4. The number of ether oxygens (including phenoxy) is 1. The van der Waals surface area contributed by atoms with Crippen LogP contribution in [0.1, 0.15) is 16.7 Å². The standard InChI is InChI=1S/C22H21NO/c1-24-22-9-5-8-18(13-22)19-10-11-20-15-23(16-21(20)12-19)14-17-6-3-2-4-7-17/h2-13H,14-16H2,1H3. The van der Waals surface area contributed by atoms with Gasteiger partial charge in [-0.2, -0.15) is 0 Å². The summed E-state index contributed by atoms with van der Waals surface area (Å²) >= 11 is 0. The Bertz CT molecular complexity index is 842. The van der Waals surface area contributed by atoms with Crippen molar-refractivity contribution in [2.45, 2.75) is 19.6 Å². The van der Waals surface area contributed by atoms with Gasteiger partial charge in [-0.25, -0.2) is 0 Å². The molecule has 0 aromatic heterocycles. The third-order valence-corrected chi connectivity index (χ3v) is 4.65. The highest BCUT2D eigenvalue weighted by Crippen LogP contribution is 2.30. The fourth-order valence-electron chi connectivity index (χ4n) is 3.40. The van der Waals surface area contributed by atoms with Crippen LogP contribution in [0.4, 0.5) is 0 Å². The maximum Gasteiger partial charge on any atom is 0.119 e. The van der Waals surface area contributed by atoms with Crippen LogP contribution in [-0.4, -0.2) is 12.0 Å². The Morgan fingerprint density at radius 1 is 0.792 bits per heavy atom. The van der Waals surface area contributed by atoms with Crippen molar-refractivity contribution in [2.75, 3.05) is 7.11 Å². The van der Waals surface area contributed by atoms with Gasteiger partial charge in [-0.05, 0) is 46.0 Å². The Morgan fingerprint density at radius 2 is 1.58 bits per heavy atom. The summed E-state index contributed by atoms with van der Waals surface area (Å²) < 4.78 is 5.34. The molecule has 0 saturated carbocycles. The Kier molecular flexibility index (Phi) is 4.06. The van der Waals surface area contributed by atoms with E-state index in [0.717, 1.165) is 25.4 Å². The molecule has 0 spiro atoms. The molecular formula is C22H21NO. The average molecular weight is 315 g/mol. The second-order valence-corrected chi connectivity index (χ2v) is 6.35. The minimum atomic E-state index is 0.902. The van der Waals surface area contributed by atoms with Gasteiger partial charge < -0.3 is 4.74 Å². The number of benzene rings is 3. The SMILES string of the molecule is COc1cccc(-c2ccc3c(c2)CN(Cc2ccccc2)C3)c1. The van der Waals surface area contributed by atoms with E-state index < -0.39 is 0 Å². The van der Waals surface area contributed by atoms with Gasteiger partial charge in [0.2, 0.25) is 0 Å². The molecule has 3 aromatic rings. The molecule has 1 heterocycles. The number of hydrogen-bond donors (Lipinski definition) is 0. The largest absolute Gasteiger partial charge is 0.497 e. The molecule has 0 bridgehead atoms. The van der Waals surface area contributed by atoms with Crippen LogP contribution in [0.25, 0.3) is 11.1 Å². The molecule has 0 atom stereocenters. The summed E-state index contributed by atoms with van der Waals surface area (Å²) in [6, 6.07) is 25.8. The highest BCUT2D eigenvalue weighted by Gasteiger charge is 2.19. The van der Waals surface area contributed by atoms with E-state index in [9.17, 15) is 0 Å². The summed E-state index contributed by atoms with van der Waals surface area (Å²) in [7, 11) is 1.71. The third kappa shape index (κ3) is 3.06. The molecule has 3 aromatic carbocycles. The lowest BCUT2D eigenvalue weighted by atomic mass is 10.0. The van der Waals surface area contributed by atoms with Gasteiger partial charge in [-0.3, -0.25) is 4.90 Å². The predicted molar refractivity (Wildman–Crippen MR) is 97.8 cm³/mol. The molecular weight excluding hydrogens is 294 g/mol. The first-order valence-corrected chi connectivity index (χ1v) is 8.34. The quantitative estimate of drug-likeness (QED) is 0.680. The number of nitrogens with zero attached hydrogens (tertiary/aromatic N) is 1. The van der Waals surface area contributed by atoms with E-state index in [4.69, 9.17) is 4.74 Å². The Morgan fingerprint density at radius 3 is 2.42 bits per heavy atom. The molecule has 0 unspecified atom stereocenters. The van der Waals surface area contributed by atoms with Crippen molar-refractivity contribution in [1.29, 1.82) is 0 Å². The molecule has 24 heavy (non-hydrogen) atoms. The summed E-state index contributed by atoms with van der Waals surface area (Å²) in [5, 5.41) is 0. The molecule has 0 radical (unpaired) electrons. The number of hydrogen-bond acceptors (Lipinski definition) is 2. The van der Waals surface area contributed by atoms with Gasteiger partial charge in [0.15, 0.2) is 0 Å². The van der Waals surface area contributed by atoms with Gasteiger partial charge in [0.25, 0.3) is 0 Å². The Hall–Kier alpha value is -2.58. The second-order valence-electron chi connectivity index (χ2n) is 6.35. The van der Waals surface area contributed by atoms with Crippen LogP contribution in [0.2, 0.25) is 0 Å². The molecule has 0 aliphatic carbocycles. The van der Waals surface area contributed by atoms with Crippen LogP contribution in [0.5, 0.6) is 5.75 Å². The van der Waals surface area contributed by atoms with Gasteiger partial charge in [0.1, 0.15) is 5.75 Å². The van der Waals surface area contributed by atoms with E-state index in [0.29, 0.717) is 0 Å². The van der Waals surface area contributed by atoms with E-state index in [1.807, 2.05) is 12.1 Å². The van der Waals surface area contributed by atoms with Crippen molar-refractivity contribution < 1.29 is 4.74 Å². The van der Waals surface area contributed by atoms with Crippen LogP contribution in [-0.2, 0) is 19.6 Å². The zero-order valence-electron chi connectivity index (χ0n) is 13.9. The zero-order chi connectivity index (χ0) is 16.4. The fourth-order valence-corrected chi connectivity index (χ4v) is 3.40. The maximum absolute atomic E-state index is 5.34. The van der Waals surface area contributed by atoms with Crippen LogP contribution in [0, 0.1) is 0 Å². The van der Waals surface area contributed by atoms with Gasteiger partial charge >= 0.3 is 0 Å².